The molecule has 1 N–H and O–H groups in total. The Labute approximate surface area is 122 Å². The number of rotatable bonds is 2. The average Bonchev–Trinajstić information content (AvgIpc) is 3.09. The molecule has 0 aromatic carbocycles. The maximum Gasteiger partial charge on any atom is 0.259 e. The van der Waals surface area contributed by atoms with Gasteiger partial charge in [0, 0.05) is 32.0 Å². The van der Waals surface area contributed by atoms with E-state index < -0.39 is 0 Å². The number of aromatic amines is 1. The molecule has 2 aromatic rings. The second-order valence-electron chi connectivity index (χ2n) is 5.42. The molecule has 0 aliphatic carbocycles. The van der Waals surface area contributed by atoms with Crippen LogP contribution in [-0.2, 0) is 0 Å². The lowest BCUT2D eigenvalue weighted by atomic mass is 10.1. The first kappa shape index (κ1) is 13.8. The lowest BCUT2D eigenvalue weighted by Gasteiger charge is -2.38. The van der Waals surface area contributed by atoms with E-state index in [1.807, 2.05) is 11.9 Å². The molecule has 1 aliphatic rings. The highest BCUT2D eigenvalue weighted by Crippen LogP contribution is 2.24. The lowest BCUT2D eigenvalue weighted by Crippen LogP contribution is -2.49. The van der Waals surface area contributed by atoms with Gasteiger partial charge in [-0.2, -0.15) is 0 Å². The van der Waals surface area contributed by atoms with Crippen LogP contribution in [0.2, 0.25) is 0 Å². The Morgan fingerprint density at radius 3 is 2.86 bits per heavy atom. The number of nitrogens with one attached hydrogen (secondary N) is 1. The molecule has 7 heteroatoms. The van der Waals surface area contributed by atoms with E-state index in [1.165, 1.54) is 0 Å². The van der Waals surface area contributed by atoms with E-state index in [-0.39, 0.29) is 11.9 Å². The molecule has 1 amide bonds. The SMILES string of the molecule is Cc1noc(C)c1C(=O)N1CCN(C)C(c2ncc[nH]2)C1. The minimum absolute atomic E-state index is 0.0177. The highest BCUT2D eigenvalue weighted by atomic mass is 16.5. The number of aryl methyl sites for hydroxylation is 2. The van der Waals surface area contributed by atoms with E-state index in [9.17, 15) is 4.79 Å². The standard InChI is InChI=1S/C14H19N5O2/c1-9-12(10(2)21-17-9)14(20)19-7-6-18(3)11(8-19)13-15-4-5-16-13/h4-5,11H,6-8H2,1-3H3,(H,15,16). The van der Waals surface area contributed by atoms with Crippen LogP contribution in [-0.4, -0.2) is 57.5 Å². The zero-order valence-electron chi connectivity index (χ0n) is 12.5. The molecule has 1 saturated heterocycles. The summed E-state index contributed by atoms with van der Waals surface area (Å²) in [5.41, 5.74) is 1.23. The van der Waals surface area contributed by atoms with Gasteiger partial charge >= 0.3 is 0 Å². The monoisotopic (exact) mass is 289 g/mol. The molecular formula is C14H19N5O2. The highest BCUT2D eigenvalue weighted by Gasteiger charge is 2.32. The molecule has 3 heterocycles. The number of piperazine rings is 1. The molecule has 3 rings (SSSR count). The van der Waals surface area contributed by atoms with Gasteiger partial charge in [0.1, 0.15) is 17.1 Å². The van der Waals surface area contributed by atoms with Crippen LogP contribution < -0.4 is 0 Å². The number of aromatic nitrogens is 3. The molecule has 7 nitrogen and oxygen atoms in total. The normalized spacial score (nSPS) is 20.0. The van der Waals surface area contributed by atoms with Crippen LogP contribution in [0.1, 0.15) is 33.7 Å². The average molecular weight is 289 g/mol. The van der Waals surface area contributed by atoms with Gasteiger partial charge in [0.25, 0.3) is 5.91 Å². The fraction of sp³-hybridized carbons (Fsp3) is 0.500. The Morgan fingerprint density at radius 2 is 2.24 bits per heavy atom. The van der Waals surface area contributed by atoms with Gasteiger partial charge < -0.3 is 14.4 Å². The molecule has 0 spiro atoms. The van der Waals surface area contributed by atoms with E-state index in [0.29, 0.717) is 30.1 Å². The Balaban J connectivity index is 1.82. The summed E-state index contributed by atoms with van der Waals surface area (Å²) in [6.07, 6.45) is 3.54. The van der Waals surface area contributed by atoms with E-state index in [2.05, 4.69) is 20.0 Å². The van der Waals surface area contributed by atoms with Crippen molar-refractivity contribution >= 4 is 5.91 Å². The minimum atomic E-state index is -0.0177. The van der Waals surface area contributed by atoms with E-state index in [0.717, 1.165) is 12.4 Å². The number of amides is 1. The van der Waals surface area contributed by atoms with Crippen molar-refractivity contribution in [2.45, 2.75) is 19.9 Å². The van der Waals surface area contributed by atoms with Gasteiger partial charge in [-0.15, -0.1) is 0 Å². The number of carbonyl (C=O) groups excluding carboxylic acids is 1. The van der Waals surface area contributed by atoms with Crippen LogP contribution in [0, 0.1) is 13.8 Å². The fourth-order valence-corrected chi connectivity index (χ4v) is 2.76. The second kappa shape index (κ2) is 5.33. The maximum atomic E-state index is 12.7. The van der Waals surface area contributed by atoms with Crippen LogP contribution in [0.15, 0.2) is 16.9 Å². The number of hydrogen-bond acceptors (Lipinski definition) is 5. The van der Waals surface area contributed by atoms with Crippen molar-refractivity contribution in [2.24, 2.45) is 0 Å². The molecule has 1 aliphatic heterocycles. The number of hydrogen-bond donors (Lipinski definition) is 1. The summed E-state index contributed by atoms with van der Waals surface area (Å²) in [5, 5.41) is 3.86. The molecule has 2 aromatic heterocycles. The zero-order chi connectivity index (χ0) is 15.0. The van der Waals surface area contributed by atoms with Crippen LogP contribution >= 0.6 is 0 Å². The predicted molar refractivity (Wildman–Crippen MR) is 75.8 cm³/mol. The van der Waals surface area contributed by atoms with Crippen molar-refractivity contribution in [1.29, 1.82) is 0 Å². The number of nitrogens with zero attached hydrogens (tertiary/aromatic N) is 4. The summed E-state index contributed by atoms with van der Waals surface area (Å²) in [4.78, 5) is 24.2. The largest absolute Gasteiger partial charge is 0.361 e. The van der Waals surface area contributed by atoms with Crippen molar-refractivity contribution in [2.75, 3.05) is 26.7 Å². The predicted octanol–water partition coefficient (Wildman–Crippen LogP) is 1.14. The summed E-state index contributed by atoms with van der Waals surface area (Å²) in [6, 6.07) is 0.0816. The van der Waals surface area contributed by atoms with Gasteiger partial charge in [-0.25, -0.2) is 4.98 Å². The van der Waals surface area contributed by atoms with Crippen LogP contribution in [0.5, 0.6) is 0 Å². The molecule has 0 bridgehead atoms. The van der Waals surface area contributed by atoms with Gasteiger partial charge in [-0.3, -0.25) is 9.69 Å². The topological polar surface area (TPSA) is 78.3 Å². The van der Waals surface area contributed by atoms with Crippen molar-refractivity contribution in [1.82, 2.24) is 24.9 Å². The first-order valence-corrected chi connectivity index (χ1v) is 6.99. The molecule has 21 heavy (non-hydrogen) atoms. The maximum absolute atomic E-state index is 12.7. The summed E-state index contributed by atoms with van der Waals surface area (Å²) in [6.45, 7) is 5.67. The Bertz CT molecular complexity index is 614. The third-order valence-electron chi connectivity index (χ3n) is 4.02. The minimum Gasteiger partial charge on any atom is -0.361 e. The number of likely N-dealkylation sites (N-methyl/N-ethyl adjacent to an activating group) is 1. The first-order chi connectivity index (χ1) is 10.1. The van der Waals surface area contributed by atoms with Crippen LogP contribution in [0.25, 0.3) is 0 Å². The molecule has 0 radical (unpaired) electrons. The van der Waals surface area contributed by atoms with Crippen LogP contribution in [0.3, 0.4) is 0 Å². The third-order valence-corrected chi connectivity index (χ3v) is 4.02. The van der Waals surface area contributed by atoms with Crippen molar-refractivity contribution in [3.63, 3.8) is 0 Å². The quantitative estimate of drug-likeness (QED) is 0.897. The fourth-order valence-electron chi connectivity index (χ4n) is 2.76. The smallest absolute Gasteiger partial charge is 0.259 e. The Morgan fingerprint density at radius 1 is 1.43 bits per heavy atom. The van der Waals surface area contributed by atoms with Gasteiger partial charge in [-0.05, 0) is 20.9 Å². The summed E-state index contributed by atoms with van der Waals surface area (Å²) in [5.74, 6) is 1.44. The van der Waals surface area contributed by atoms with Crippen LogP contribution in [0.4, 0.5) is 0 Å². The molecule has 0 saturated carbocycles. The zero-order valence-corrected chi connectivity index (χ0v) is 12.5. The number of imidazole rings is 1. The Hall–Kier alpha value is -2.15. The lowest BCUT2D eigenvalue weighted by molar-refractivity contribution is 0.0532. The van der Waals surface area contributed by atoms with E-state index >= 15 is 0 Å². The van der Waals surface area contributed by atoms with Gasteiger partial charge in [0.15, 0.2) is 0 Å². The van der Waals surface area contributed by atoms with E-state index in [4.69, 9.17) is 4.52 Å². The molecular weight excluding hydrogens is 270 g/mol. The van der Waals surface area contributed by atoms with Gasteiger partial charge in [-0.1, -0.05) is 5.16 Å². The Kier molecular flexibility index (Phi) is 3.50. The van der Waals surface area contributed by atoms with Gasteiger partial charge in [0.2, 0.25) is 0 Å². The third kappa shape index (κ3) is 2.44. The van der Waals surface area contributed by atoms with Crippen molar-refractivity contribution in [3.8, 4) is 0 Å². The highest BCUT2D eigenvalue weighted by molar-refractivity contribution is 5.96. The molecule has 1 atom stereocenters. The molecule has 112 valence electrons. The second-order valence-corrected chi connectivity index (χ2v) is 5.42. The molecule has 1 unspecified atom stereocenters. The first-order valence-electron chi connectivity index (χ1n) is 6.99. The molecule has 1 fully saturated rings. The van der Waals surface area contributed by atoms with Crippen molar-refractivity contribution < 1.29 is 9.32 Å². The van der Waals surface area contributed by atoms with Crippen molar-refractivity contribution in [3.05, 3.63) is 35.2 Å². The van der Waals surface area contributed by atoms with E-state index in [1.54, 1.807) is 26.2 Å². The summed E-state index contributed by atoms with van der Waals surface area (Å²) >= 11 is 0. The number of H-pyrrole nitrogens is 1. The number of carbonyl (C=O) groups is 1. The van der Waals surface area contributed by atoms with Gasteiger partial charge in [0.05, 0.1) is 11.7 Å². The summed E-state index contributed by atoms with van der Waals surface area (Å²) in [7, 11) is 2.05. The summed E-state index contributed by atoms with van der Waals surface area (Å²) < 4.78 is 5.10.